The average Bonchev–Trinajstić information content (AvgIpc) is 2.48. The number of nitrogens with zero attached hydrogens (tertiary/aromatic N) is 2. The van der Waals surface area contributed by atoms with Crippen molar-refractivity contribution in [3.8, 4) is 11.5 Å². The summed E-state index contributed by atoms with van der Waals surface area (Å²) in [5.41, 5.74) is 0.507. The Kier molecular flexibility index (Phi) is 4.72. The molecule has 2 rings (SSSR count). The lowest BCUT2D eigenvalue weighted by atomic mass is 10.2. The van der Waals surface area contributed by atoms with Crippen molar-refractivity contribution in [2.45, 2.75) is 11.8 Å². The lowest BCUT2D eigenvalue weighted by Crippen LogP contribution is -2.15. The normalized spacial score (nSPS) is 11.1. The van der Waals surface area contributed by atoms with E-state index in [9.17, 15) is 8.42 Å². The van der Waals surface area contributed by atoms with Gasteiger partial charge in [0, 0.05) is 6.07 Å². The topological polar surface area (TPSA) is 90.4 Å². The second-order valence-electron chi connectivity index (χ2n) is 4.32. The molecule has 2 aromatic rings. The highest BCUT2D eigenvalue weighted by Gasteiger charge is 2.21. The number of benzene rings is 1. The van der Waals surface area contributed by atoms with Gasteiger partial charge in [0.2, 0.25) is 0 Å². The Labute approximate surface area is 133 Å². The summed E-state index contributed by atoms with van der Waals surface area (Å²) in [6.45, 7) is 1.66. The Balaban J connectivity index is 2.42. The minimum atomic E-state index is -3.85. The summed E-state index contributed by atoms with van der Waals surface area (Å²) in [6, 6.07) is 5.83. The molecule has 0 unspecified atom stereocenters. The number of ether oxygens (including phenoxy) is 2. The number of sulfonamides is 1. The summed E-state index contributed by atoms with van der Waals surface area (Å²) in [6.07, 6.45) is 0. The third kappa shape index (κ3) is 3.40. The summed E-state index contributed by atoms with van der Waals surface area (Å²) in [7, 11) is -0.934. The molecule has 0 spiro atoms. The maximum atomic E-state index is 12.5. The molecule has 0 saturated carbocycles. The van der Waals surface area contributed by atoms with Gasteiger partial charge in [0.15, 0.2) is 22.5 Å². The van der Waals surface area contributed by atoms with Crippen molar-refractivity contribution in [3.63, 3.8) is 0 Å². The van der Waals surface area contributed by atoms with E-state index in [0.29, 0.717) is 17.1 Å². The van der Waals surface area contributed by atoms with Crippen molar-refractivity contribution in [3.05, 3.63) is 35.0 Å². The zero-order valence-electron chi connectivity index (χ0n) is 12.1. The molecule has 0 saturated heterocycles. The third-order valence-corrected chi connectivity index (χ3v) is 4.54. The first-order chi connectivity index (χ1) is 10.4. The lowest BCUT2D eigenvalue weighted by molar-refractivity contribution is 0.353. The number of rotatable bonds is 5. The van der Waals surface area contributed by atoms with Crippen LogP contribution in [-0.2, 0) is 10.0 Å². The van der Waals surface area contributed by atoms with E-state index < -0.39 is 10.0 Å². The van der Waals surface area contributed by atoms with Gasteiger partial charge in [-0.1, -0.05) is 11.6 Å². The predicted octanol–water partition coefficient (Wildman–Crippen LogP) is 2.26. The number of hydrogen-bond donors (Lipinski definition) is 1. The average molecular weight is 344 g/mol. The van der Waals surface area contributed by atoms with Crippen LogP contribution in [0.15, 0.2) is 29.2 Å². The molecule has 1 heterocycles. The number of nitrogens with one attached hydrogen (secondary N) is 1. The van der Waals surface area contributed by atoms with Crippen LogP contribution < -0.4 is 14.2 Å². The summed E-state index contributed by atoms with van der Waals surface area (Å²) in [5.74, 6) is 0.833. The van der Waals surface area contributed by atoms with Crippen LogP contribution in [0.4, 0.5) is 5.82 Å². The van der Waals surface area contributed by atoms with Crippen LogP contribution in [0.2, 0.25) is 5.15 Å². The van der Waals surface area contributed by atoms with Gasteiger partial charge in [-0.05, 0) is 30.7 Å². The summed E-state index contributed by atoms with van der Waals surface area (Å²) in [4.78, 5) is 0.0573. The molecule has 1 aromatic heterocycles. The number of aryl methyl sites for hydroxylation is 1. The molecule has 1 N–H and O–H groups in total. The van der Waals surface area contributed by atoms with E-state index >= 15 is 0 Å². The molecule has 118 valence electrons. The Morgan fingerprint density at radius 1 is 1.09 bits per heavy atom. The summed E-state index contributed by atoms with van der Waals surface area (Å²) >= 11 is 5.62. The fourth-order valence-electron chi connectivity index (χ4n) is 1.81. The Morgan fingerprint density at radius 3 is 2.27 bits per heavy atom. The Bertz CT molecular complexity index is 779. The van der Waals surface area contributed by atoms with E-state index in [0.717, 1.165) is 0 Å². The summed E-state index contributed by atoms with van der Waals surface area (Å²) in [5, 5.41) is 7.42. The van der Waals surface area contributed by atoms with Gasteiger partial charge in [-0.2, -0.15) is 0 Å². The molecule has 0 aliphatic rings. The van der Waals surface area contributed by atoms with Crippen molar-refractivity contribution in [1.29, 1.82) is 0 Å². The predicted molar refractivity (Wildman–Crippen MR) is 82.1 cm³/mol. The van der Waals surface area contributed by atoms with Crippen molar-refractivity contribution < 1.29 is 17.9 Å². The van der Waals surface area contributed by atoms with E-state index in [1.165, 1.54) is 32.4 Å². The number of anilines is 1. The van der Waals surface area contributed by atoms with Crippen molar-refractivity contribution in [1.82, 2.24) is 10.2 Å². The smallest absolute Gasteiger partial charge is 0.263 e. The molecule has 0 aliphatic heterocycles. The zero-order chi connectivity index (χ0) is 16.3. The van der Waals surface area contributed by atoms with Gasteiger partial charge >= 0.3 is 0 Å². The largest absolute Gasteiger partial charge is 0.493 e. The van der Waals surface area contributed by atoms with Crippen LogP contribution in [0, 0.1) is 6.92 Å². The van der Waals surface area contributed by atoms with Crippen LogP contribution in [-0.4, -0.2) is 32.8 Å². The first-order valence-corrected chi connectivity index (χ1v) is 7.98. The number of halogens is 1. The quantitative estimate of drug-likeness (QED) is 0.895. The van der Waals surface area contributed by atoms with Crippen LogP contribution in [0.5, 0.6) is 11.5 Å². The van der Waals surface area contributed by atoms with Gasteiger partial charge in [-0.3, -0.25) is 4.72 Å². The van der Waals surface area contributed by atoms with Gasteiger partial charge in [0.25, 0.3) is 10.0 Å². The highest BCUT2D eigenvalue weighted by atomic mass is 35.5. The van der Waals surface area contributed by atoms with E-state index in [4.69, 9.17) is 21.1 Å². The van der Waals surface area contributed by atoms with Crippen LogP contribution >= 0.6 is 11.6 Å². The minimum Gasteiger partial charge on any atom is -0.493 e. The first kappa shape index (κ1) is 16.3. The van der Waals surface area contributed by atoms with E-state index in [2.05, 4.69) is 14.9 Å². The molecule has 0 amide bonds. The van der Waals surface area contributed by atoms with Gasteiger partial charge in [-0.25, -0.2) is 8.42 Å². The maximum Gasteiger partial charge on any atom is 0.263 e. The standard InChI is InChI=1S/C13H14ClN3O4S/c1-8-6-9(20-2)10(21-3)7-11(8)22(18,19)17-13-5-4-12(14)15-16-13/h4-7H,1-3H3,(H,16,17). The fraction of sp³-hybridized carbons (Fsp3) is 0.231. The molecular formula is C13H14ClN3O4S. The molecule has 0 fully saturated rings. The second-order valence-corrected chi connectivity index (χ2v) is 6.36. The molecule has 0 aliphatic carbocycles. The molecule has 0 radical (unpaired) electrons. The minimum absolute atomic E-state index is 0.0573. The van der Waals surface area contributed by atoms with Gasteiger partial charge in [-0.15, -0.1) is 10.2 Å². The Morgan fingerprint density at radius 2 is 1.73 bits per heavy atom. The summed E-state index contributed by atoms with van der Waals surface area (Å²) < 4.78 is 37.5. The van der Waals surface area contributed by atoms with E-state index in [-0.39, 0.29) is 15.9 Å². The van der Waals surface area contributed by atoms with Crippen molar-refractivity contribution in [2.24, 2.45) is 0 Å². The third-order valence-electron chi connectivity index (χ3n) is 2.84. The SMILES string of the molecule is COc1cc(C)c(S(=O)(=O)Nc2ccc(Cl)nn2)cc1OC. The van der Waals surface area contributed by atoms with Crippen LogP contribution in [0.3, 0.4) is 0 Å². The molecule has 1 aromatic carbocycles. The van der Waals surface area contributed by atoms with Gasteiger partial charge in [0.1, 0.15) is 0 Å². The number of methoxy groups -OCH3 is 2. The lowest BCUT2D eigenvalue weighted by Gasteiger charge is -2.13. The maximum absolute atomic E-state index is 12.5. The number of hydrogen-bond acceptors (Lipinski definition) is 6. The molecule has 0 atom stereocenters. The molecule has 9 heteroatoms. The van der Waals surface area contributed by atoms with E-state index in [1.807, 2.05) is 0 Å². The molecular weight excluding hydrogens is 330 g/mol. The number of aromatic nitrogens is 2. The molecule has 7 nitrogen and oxygen atoms in total. The second kappa shape index (κ2) is 6.37. The zero-order valence-corrected chi connectivity index (χ0v) is 13.7. The van der Waals surface area contributed by atoms with Gasteiger partial charge < -0.3 is 9.47 Å². The van der Waals surface area contributed by atoms with Crippen molar-refractivity contribution in [2.75, 3.05) is 18.9 Å². The van der Waals surface area contributed by atoms with Crippen molar-refractivity contribution >= 4 is 27.4 Å². The Hall–Kier alpha value is -2.06. The fourth-order valence-corrected chi connectivity index (χ4v) is 3.15. The highest BCUT2D eigenvalue weighted by Crippen LogP contribution is 2.32. The molecule has 22 heavy (non-hydrogen) atoms. The monoisotopic (exact) mass is 343 g/mol. The van der Waals surface area contributed by atoms with Crippen LogP contribution in [0.25, 0.3) is 0 Å². The highest BCUT2D eigenvalue weighted by molar-refractivity contribution is 7.92. The molecule has 0 bridgehead atoms. The van der Waals surface area contributed by atoms with E-state index in [1.54, 1.807) is 13.0 Å². The van der Waals surface area contributed by atoms with Gasteiger partial charge in [0.05, 0.1) is 19.1 Å². The first-order valence-electron chi connectivity index (χ1n) is 6.12. The van der Waals surface area contributed by atoms with Crippen LogP contribution in [0.1, 0.15) is 5.56 Å².